The molecule has 3 aromatic rings. The lowest BCUT2D eigenvalue weighted by Gasteiger charge is -2.10. The Labute approximate surface area is 125 Å². The van der Waals surface area contributed by atoms with Crippen LogP contribution in [0, 0.1) is 5.82 Å². The van der Waals surface area contributed by atoms with E-state index in [4.69, 9.17) is 4.52 Å². The van der Waals surface area contributed by atoms with Crippen molar-refractivity contribution in [2.75, 3.05) is 0 Å². The Kier molecular flexibility index (Phi) is 3.27. The molecule has 0 aliphatic heterocycles. The van der Waals surface area contributed by atoms with Gasteiger partial charge in [0, 0.05) is 11.5 Å². The summed E-state index contributed by atoms with van der Waals surface area (Å²) < 4.78 is 19.7. The standard InChI is InChI=1S/C15H15FN4O2/c1-15(2,3)14-18-12(22-19-14)7-20-8-17-11-6-9(16)4-5-10(11)13(20)21/h4-6,8H,7H2,1-3H3. The molecule has 0 saturated heterocycles. The maximum Gasteiger partial charge on any atom is 0.261 e. The second-order valence-corrected chi connectivity index (χ2v) is 6.10. The van der Waals surface area contributed by atoms with Crippen LogP contribution in [0.3, 0.4) is 0 Å². The first-order chi connectivity index (χ1) is 10.3. The monoisotopic (exact) mass is 302 g/mol. The molecule has 3 rings (SSSR count). The minimum Gasteiger partial charge on any atom is -0.337 e. The van der Waals surface area contributed by atoms with E-state index in [9.17, 15) is 9.18 Å². The lowest BCUT2D eigenvalue weighted by molar-refractivity contribution is 0.356. The van der Waals surface area contributed by atoms with Gasteiger partial charge in [-0.3, -0.25) is 9.36 Å². The second kappa shape index (κ2) is 5.01. The minimum absolute atomic E-state index is 0.127. The van der Waals surface area contributed by atoms with E-state index in [0.29, 0.717) is 22.6 Å². The van der Waals surface area contributed by atoms with Crippen molar-refractivity contribution < 1.29 is 8.91 Å². The highest BCUT2D eigenvalue weighted by molar-refractivity contribution is 5.77. The molecule has 22 heavy (non-hydrogen) atoms. The lowest BCUT2D eigenvalue weighted by Crippen LogP contribution is -2.21. The number of hydrogen-bond donors (Lipinski definition) is 0. The fourth-order valence-corrected chi connectivity index (χ4v) is 2.01. The van der Waals surface area contributed by atoms with Crippen LogP contribution in [0.4, 0.5) is 4.39 Å². The molecule has 114 valence electrons. The van der Waals surface area contributed by atoms with E-state index in [0.717, 1.165) is 0 Å². The highest BCUT2D eigenvalue weighted by Crippen LogP contribution is 2.18. The van der Waals surface area contributed by atoms with Crippen molar-refractivity contribution in [3.05, 3.63) is 52.4 Å². The maximum absolute atomic E-state index is 13.1. The van der Waals surface area contributed by atoms with Gasteiger partial charge in [-0.25, -0.2) is 9.37 Å². The molecule has 0 saturated carbocycles. The quantitative estimate of drug-likeness (QED) is 0.726. The van der Waals surface area contributed by atoms with Gasteiger partial charge in [-0.05, 0) is 12.1 Å². The number of hydrogen-bond acceptors (Lipinski definition) is 5. The van der Waals surface area contributed by atoms with E-state index in [1.54, 1.807) is 0 Å². The summed E-state index contributed by atoms with van der Waals surface area (Å²) in [4.78, 5) is 20.7. The average Bonchev–Trinajstić information content (AvgIpc) is 2.90. The van der Waals surface area contributed by atoms with Gasteiger partial charge in [0.2, 0.25) is 5.89 Å². The molecule has 0 N–H and O–H groups in total. The Morgan fingerprint density at radius 2 is 2.09 bits per heavy atom. The van der Waals surface area contributed by atoms with Crippen molar-refractivity contribution in [3.63, 3.8) is 0 Å². The summed E-state index contributed by atoms with van der Waals surface area (Å²) in [6, 6.07) is 3.89. The number of halogens is 1. The zero-order chi connectivity index (χ0) is 15.9. The molecule has 0 bridgehead atoms. The number of benzene rings is 1. The van der Waals surface area contributed by atoms with Crippen LogP contribution in [0.1, 0.15) is 32.5 Å². The molecular formula is C15H15FN4O2. The Morgan fingerprint density at radius 1 is 1.32 bits per heavy atom. The van der Waals surface area contributed by atoms with Gasteiger partial charge >= 0.3 is 0 Å². The fourth-order valence-electron chi connectivity index (χ4n) is 2.01. The molecule has 0 unspecified atom stereocenters. The van der Waals surface area contributed by atoms with Gasteiger partial charge in [0.05, 0.1) is 17.2 Å². The van der Waals surface area contributed by atoms with Gasteiger partial charge in [-0.1, -0.05) is 25.9 Å². The first kappa shape index (κ1) is 14.4. The van der Waals surface area contributed by atoms with Crippen LogP contribution < -0.4 is 5.56 Å². The number of fused-ring (bicyclic) bond motifs is 1. The maximum atomic E-state index is 13.1. The fraction of sp³-hybridized carbons (Fsp3) is 0.333. The third-order valence-corrected chi connectivity index (χ3v) is 3.23. The average molecular weight is 302 g/mol. The Hall–Kier alpha value is -2.57. The van der Waals surface area contributed by atoms with E-state index < -0.39 is 5.82 Å². The molecular weight excluding hydrogens is 287 g/mol. The second-order valence-electron chi connectivity index (χ2n) is 6.10. The van der Waals surface area contributed by atoms with Crippen LogP contribution >= 0.6 is 0 Å². The Balaban J connectivity index is 1.98. The molecule has 0 spiro atoms. The molecule has 2 aromatic heterocycles. The van der Waals surface area contributed by atoms with Gasteiger partial charge in [0.25, 0.3) is 5.56 Å². The van der Waals surface area contributed by atoms with Crippen LogP contribution in [-0.4, -0.2) is 19.7 Å². The van der Waals surface area contributed by atoms with Gasteiger partial charge in [0.1, 0.15) is 12.4 Å². The van der Waals surface area contributed by atoms with Crippen molar-refractivity contribution in [3.8, 4) is 0 Å². The van der Waals surface area contributed by atoms with E-state index in [-0.39, 0.29) is 17.5 Å². The summed E-state index contributed by atoms with van der Waals surface area (Å²) in [5, 5.41) is 4.26. The largest absolute Gasteiger partial charge is 0.337 e. The topological polar surface area (TPSA) is 73.8 Å². The molecule has 2 heterocycles. The lowest BCUT2D eigenvalue weighted by atomic mass is 9.96. The van der Waals surface area contributed by atoms with Crippen LogP contribution in [0.5, 0.6) is 0 Å². The molecule has 7 heteroatoms. The summed E-state index contributed by atoms with van der Waals surface area (Å²) in [6.07, 6.45) is 1.35. The van der Waals surface area contributed by atoms with Crippen LogP contribution in [0.25, 0.3) is 10.9 Å². The Bertz CT molecular complexity index is 892. The van der Waals surface area contributed by atoms with Crippen molar-refractivity contribution in [2.45, 2.75) is 32.7 Å². The summed E-state index contributed by atoms with van der Waals surface area (Å²) in [6.45, 7) is 6.04. The van der Waals surface area contributed by atoms with Crippen molar-refractivity contribution in [2.24, 2.45) is 0 Å². The third-order valence-electron chi connectivity index (χ3n) is 3.23. The Morgan fingerprint density at radius 3 is 2.77 bits per heavy atom. The molecule has 6 nitrogen and oxygen atoms in total. The summed E-state index contributed by atoms with van der Waals surface area (Å²) in [7, 11) is 0. The summed E-state index contributed by atoms with van der Waals surface area (Å²) >= 11 is 0. The SMILES string of the molecule is CC(C)(C)c1noc(Cn2cnc3cc(F)ccc3c2=O)n1. The van der Waals surface area contributed by atoms with E-state index in [2.05, 4.69) is 15.1 Å². The van der Waals surface area contributed by atoms with E-state index in [1.165, 1.54) is 29.1 Å². The van der Waals surface area contributed by atoms with Crippen LogP contribution in [0.2, 0.25) is 0 Å². The number of rotatable bonds is 2. The van der Waals surface area contributed by atoms with Crippen molar-refractivity contribution in [1.82, 2.24) is 19.7 Å². The molecule has 0 amide bonds. The highest BCUT2D eigenvalue weighted by atomic mass is 19.1. The van der Waals surface area contributed by atoms with E-state index in [1.807, 2.05) is 20.8 Å². The van der Waals surface area contributed by atoms with Gasteiger partial charge in [-0.15, -0.1) is 0 Å². The molecule has 0 fully saturated rings. The molecule has 0 atom stereocenters. The number of aromatic nitrogens is 4. The van der Waals surface area contributed by atoms with Crippen LogP contribution in [0.15, 0.2) is 33.8 Å². The molecule has 0 aliphatic rings. The van der Waals surface area contributed by atoms with Crippen molar-refractivity contribution in [1.29, 1.82) is 0 Å². The predicted molar refractivity (Wildman–Crippen MR) is 78.1 cm³/mol. The minimum atomic E-state index is -0.427. The van der Waals surface area contributed by atoms with Gasteiger partial charge in [-0.2, -0.15) is 4.98 Å². The summed E-state index contributed by atoms with van der Waals surface area (Å²) in [5.74, 6) is 0.477. The zero-order valence-corrected chi connectivity index (χ0v) is 12.5. The number of nitrogens with zero attached hydrogens (tertiary/aromatic N) is 4. The third kappa shape index (κ3) is 2.61. The highest BCUT2D eigenvalue weighted by Gasteiger charge is 2.21. The normalized spacial score (nSPS) is 12.0. The molecule has 0 aliphatic carbocycles. The predicted octanol–water partition coefficient (Wildman–Crippen LogP) is 2.26. The molecule has 0 radical (unpaired) electrons. The van der Waals surface area contributed by atoms with E-state index >= 15 is 0 Å². The van der Waals surface area contributed by atoms with Crippen LogP contribution in [-0.2, 0) is 12.0 Å². The zero-order valence-electron chi connectivity index (χ0n) is 12.5. The van der Waals surface area contributed by atoms with Gasteiger partial charge < -0.3 is 4.52 Å². The van der Waals surface area contributed by atoms with Gasteiger partial charge in [0.15, 0.2) is 5.82 Å². The first-order valence-corrected chi connectivity index (χ1v) is 6.82. The summed E-state index contributed by atoms with van der Waals surface area (Å²) in [5.41, 5.74) is -0.186. The van der Waals surface area contributed by atoms with Crippen molar-refractivity contribution >= 4 is 10.9 Å². The molecule has 1 aromatic carbocycles. The first-order valence-electron chi connectivity index (χ1n) is 6.82. The smallest absolute Gasteiger partial charge is 0.261 e.